The molecule has 0 aliphatic carbocycles. The molecular weight excluding hydrogens is 511 g/mol. The highest BCUT2D eigenvalue weighted by atomic mass is 19.4. The van der Waals surface area contributed by atoms with Gasteiger partial charge in [0.25, 0.3) is 5.56 Å². The molecule has 0 aliphatic heterocycles. The maximum atomic E-state index is 13.0. The first-order chi connectivity index (χ1) is 18.4. The van der Waals surface area contributed by atoms with Gasteiger partial charge in [0.2, 0.25) is 6.41 Å². The van der Waals surface area contributed by atoms with Crippen molar-refractivity contribution in [2.75, 3.05) is 7.05 Å². The van der Waals surface area contributed by atoms with E-state index in [0.29, 0.717) is 45.7 Å². The Kier molecular flexibility index (Phi) is 7.53. The number of aryl methyl sites for hydroxylation is 3. The van der Waals surface area contributed by atoms with Crippen molar-refractivity contribution in [3.05, 3.63) is 87.9 Å². The highest BCUT2D eigenvalue weighted by Gasteiger charge is 2.28. The van der Waals surface area contributed by atoms with Crippen LogP contribution in [0.25, 0.3) is 27.7 Å². The molecule has 204 valence electrons. The van der Waals surface area contributed by atoms with Crippen molar-refractivity contribution in [2.24, 2.45) is 7.05 Å². The van der Waals surface area contributed by atoms with Gasteiger partial charge >= 0.3 is 6.18 Å². The molecule has 39 heavy (non-hydrogen) atoms. The second-order valence-electron chi connectivity index (χ2n) is 9.26. The van der Waals surface area contributed by atoms with Crippen molar-refractivity contribution >= 4 is 22.9 Å². The van der Waals surface area contributed by atoms with Gasteiger partial charge in [-0.15, -0.1) is 0 Å². The van der Waals surface area contributed by atoms with Crippen molar-refractivity contribution in [1.29, 1.82) is 0 Å². The van der Waals surface area contributed by atoms with E-state index in [9.17, 15) is 22.8 Å². The van der Waals surface area contributed by atoms with Crippen LogP contribution in [0.3, 0.4) is 0 Å². The quantitative estimate of drug-likeness (QED) is 0.187. The van der Waals surface area contributed by atoms with E-state index >= 15 is 0 Å². The number of nitrogens with zero attached hydrogens (tertiary/aromatic N) is 4. The van der Waals surface area contributed by atoms with E-state index < -0.39 is 12.7 Å². The largest absolute Gasteiger partial charge is 0.455 e. The standard InChI is InChI=1S/C28H28F3N5O3/c1-6-20(24(14-34(4)16-37)39-26-17(2)8-7-9-18(26)3)22-13-35(5)27(38)25-21(22)10-23(33-25)19-11-32-36(12-19)15-28(29,30)31/h6-14,16,33H,15H2,1-5H3/b20-6-,24-14+. The first kappa shape index (κ1) is 27.5. The Morgan fingerprint density at radius 3 is 2.51 bits per heavy atom. The Balaban J connectivity index is 1.87. The number of para-hydroxylation sites is 1. The van der Waals surface area contributed by atoms with E-state index in [-0.39, 0.29) is 11.1 Å². The average Bonchev–Trinajstić information content (AvgIpc) is 3.51. The summed E-state index contributed by atoms with van der Waals surface area (Å²) in [6.45, 7) is 4.42. The summed E-state index contributed by atoms with van der Waals surface area (Å²) in [7, 11) is 3.19. The number of H-pyrrole nitrogens is 1. The first-order valence-electron chi connectivity index (χ1n) is 12.0. The molecule has 0 aliphatic rings. The van der Waals surface area contributed by atoms with Gasteiger partial charge < -0.3 is 19.2 Å². The molecule has 0 unspecified atom stereocenters. The van der Waals surface area contributed by atoms with Crippen molar-refractivity contribution in [3.8, 4) is 17.0 Å². The van der Waals surface area contributed by atoms with E-state index in [4.69, 9.17) is 4.74 Å². The summed E-state index contributed by atoms with van der Waals surface area (Å²) >= 11 is 0. The zero-order valence-electron chi connectivity index (χ0n) is 22.1. The van der Waals surface area contributed by atoms with Crippen molar-refractivity contribution in [2.45, 2.75) is 33.5 Å². The van der Waals surface area contributed by atoms with Crippen molar-refractivity contribution < 1.29 is 22.7 Å². The van der Waals surface area contributed by atoms with Gasteiger partial charge in [-0.25, -0.2) is 0 Å². The molecule has 0 spiro atoms. The van der Waals surface area contributed by atoms with Gasteiger partial charge in [-0.05, 0) is 38.0 Å². The highest BCUT2D eigenvalue weighted by molar-refractivity contribution is 5.97. The number of allylic oxidation sites excluding steroid dienone is 2. The van der Waals surface area contributed by atoms with Crippen LogP contribution in [0.4, 0.5) is 13.2 Å². The molecule has 4 rings (SSSR count). The van der Waals surface area contributed by atoms with Gasteiger partial charge in [-0.1, -0.05) is 24.3 Å². The zero-order chi connectivity index (χ0) is 28.5. The number of amides is 1. The third kappa shape index (κ3) is 5.82. The van der Waals surface area contributed by atoms with Crippen molar-refractivity contribution in [1.82, 2.24) is 24.2 Å². The molecule has 1 aromatic carbocycles. The average molecular weight is 540 g/mol. The third-order valence-corrected chi connectivity index (χ3v) is 6.20. The van der Waals surface area contributed by atoms with Crippen LogP contribution in [0.15, 0.2) is 65.7 Å². The maximum Gasteiger partial charge on any atom is 0.408 e. The van der Waals surface area contributed by atoms with E-state index in [0.717, 1.165) is 15.8 Å². The predicted octanol–water partition coefficient (Wildman–Crippen LogP) is 5.32. The molecule has 0 bridgehead atoms. The minimum Gasteiger partial charge on any atom is -0.455 e. The molecule has 8 nitrogen and oxygen atoms in total. The van der Waals surface area contributed by atoms with Crippen molar-refractivity contribution in [3.63, 3.8) is 0 Å². The zero-order valence-corrected chi connectivity index (χ0v) is 22.1. The number of aromatic nitrogens is 4. The van der Waals surface area contributed by atoms with Crippen LogP contribution >= 0.6 is 0 Å². The Bertz CT molecular complexity index is 1640. The van der Waals surface area contributed by atoms with Crippen LogP contribution in [-0.2, 0) is 18.4 Å². The van der Waals surface area contributed by atoms with Gasteiger partial charge in [0.1, 0.15) is 17.8 Å². The van der Waals surface area contributed by atoms with Gasteiger partial charge in [0.15, 0.2) is 5.76 Å². The molecule has 0 atom stereocenters. The highest BCUT2D eigenvalue weighted by Crippen LogP contribution is 2.35. The minimum absolute atomic E-state index is 0.267. The number of carbonyl (C=O) groups excluding carboxylic acids is 1. The Hall–Kier alpha value is -4.54. The number of aromatic amines is 1. The third-order valence-electron chi connectivity index (χ3n) is 6.20. The SMILES string of the molecule is C/C=C(\C(=C/N(C)C=O)Oc1c(C)cccc1C)c1cn(C)c(=O)c2[nH]c(-c3cnn(CC(F)(F)F)c3)cc12. The lowest BCUT2D eigenvalue weighted by Crippen LogP contribution is -2.18. The molecule has 1 N–H and O–H groups in total. The summed E-state index contributed by atoms with van der Waals surface area (Å²) in [5.74, 6) is 1.00. The first-order valence-corrected chi connectivity index (χ1v) is 12.0. The van der Waals surface area contributed by atoms with Crippen LogP contribution in [-0.4, -0.2) is 43.9 Å². The molecule has 4 aromatic rings. The number of fused-ring (bicyclic) bond motifs is 1. The fourth-order valence-corrected chi connectivity index (χ4v) is 4.34. The van der Waals surface area contributed by atoms with E-state index in [1.165, 1.54) is 21.9 Å². The number of pyridine rings is 1. The summed E-state index contributed by atoms with van der Waals surface area (Å²) in [6, 6.07) is 7.45. The Labute approximate surface area is 222 Å². The molecule has 3 heterocycles. The van der Waals surface area contributed by atoms with Gasteiger partial charge in [0.05, 0.1) is 6.20 Å². The topological polar surface area (TPSA) is 85.2 Å². The number of nitrogens with one attached hydrogen (secondary N) is 1. The number of hydrogen-bond donors (Lipinski definition) is 1. The number of benzene rings is 1. The number of ether oxygens (including phenoxy) is 1. The van der Waals surface area contributed by atoms with Gasteiger partial charge in [0, 0.05) is 60.5 Å². The number of hydrogen-bond acceptors (Lipinski definition) is 4. The summed E-state index contributed by atoms with van der Waals surface area (Å²) in [5.41, 5.74) is 3.80. The molecule has 11 heteroatoms. The molecular formula is C28H28F3N5O3. The lowest BCUT2D eigenvalue weighted by Gasteiger charge is -2.19. The second-order valence-corrected chi connectivity index (χ2v) is 9.26. The molecule has 0 saturated carbocycles. The van der Waals surface area contributed by atoms with Gasteiger partial charge in [-0.2, -0.15) is 18.3 Å². The summed E-state index contributed by atoms with van der Waals surface area (Å²) in [5, 5.41) is 4.35. The van der Waals surface area contributed by atoms with E-state index in [2.05, 4.69) is 10.1 Å². The monoisotopic (exact) mass is 539 g/mol. The lowest BCUT2D eigenvalue weighted by molar-refractivity contribution is -0.142. The smallest absolute Gasteiger partial charge is 0.408 e. The fourth-order valence-electron chi connectivity index (χ4n) is 4.34. The molecule has 0 fully saturated rings. The number of carbonyl (C=O) groups is 1. The Morgan fingerprint density at radius 1 is 1.21 bits per heavy atom. The summed E-state index contributed by atoms with van der Waals surface area (Å²) in [6.07, 6.45) is 3.84. The van der Waals surface area contributed by atoms with Crippen LogP contribution in [0, 0.1) is 13.8 Å². The fraction of sp³-hybridized carbons (Fsp3) is 0.250. The molecule has 0 radical (unpaired) electrons. The normalized spacial score (nSPS) is 12.7. The van der Waals surface area contributed by atoms with Crippen LogP contribution < -0.4 is 10.3 Å². The number of alkyl halides is 3. The van der Waals surface area contributed by atoms with Crippen LogP contribution in [0.2, 0.25) is 0 Å². The maximum absolute atomic E-state index is 13.0. The van der Waals surface area contributed by atoms with Crippen LogP contribution in [0.5, 0.6) is 5.75 Å². The van der Waals surface area contributed by atoms with Gasteiger partial charge in [-0.3, -0.25) is 14.3 Å². The van der Waals surface area contributed by atoms with Crippen LogP contribution in [0.1, 0.15) is 23.6 Å². The molecule has 0 saturated heterocycles. The summed E-state index contributed by atoms with van der Waals surface area (Å²) in [4.78, 5) is 28.9. The second kappa shape index (κ2) is 10.7. The lowest BCUT2D eigenvalue weighted by atomic mass is 10.0. The Morgan fingerprint density at radius 2 is 1.90 bits per heavy atom. The number of halogens is 3. The van der Waals surface area contributed by atoms with E-state index in [1.807, 2.05) is 45.0 Å². The summed E-state index contributed by atoms with van der Waals surface area (Å²) < 4.78 is 47.1. The molecule has 3 aromatic heterocycles. The minimum atomic E-state index is -4.42. The molecule has 1 amide bonds. The predicted molar refractivity (Wildman–Crippen MR) is 143 cm³/mol. The van der Waals surface area contributed by atoms with E-state index in [1.54, 1.807) is 32.6 Å². The number of rotatable bonds is 8.